The van der Waals surface area contributed by atoms with E-state index in [1.807, 2.05) is 18.2 Å². The van der Waals surface area contributed by atoms with E-state index in [0.29, 0.717) is 23.9 Å². The van der Waals surface area contributed by atoms with Gasteiger partial charge in [-0.25, -0.2) is 0 Å². The summed E-state index contributed by atoms with van der Waals surface area (Å²) in [5, 5.41) is 3.38. The van der Waals surface area contributed by atoms with Gasteiger partial charge in [0, 0.05) is 0 Å². The minimum absolute atomic E-state index is 0.162. The molecule has 3 rings (SSSR count). The standard InChI is InChI=1S/C21H24ClNO3/c1-15(26-18-11-10-16-6-2-3-7-17(16)14-18)21(24)23-12-13-25-20-9-5-4-8-19(20)22/h4-5,8-11,14-15H,2-3,6-7,12-13H2,1H3,(H,23,24)/t15-/m1/s1. The topological polar surface area (TPSA) is 47.6 Å². The fourth-order valence-corrected chi connectivity index (χ4v) is 3.27. The van der Waals surface area contributed by atoms with E-state index < -0.39 is 6.10 Å². The number of rotatable bonds is 7. The first-order valence-corrected chi connectivity index (χ1v) is 9.45. The molecule has 0 saturated carbocycles. The predicted molar refractivity (Wildman–Crippen MR) is 103 cm³/mol. The van der Waals surface area contributed by atoms with Crippen molar-refractivity contribution in [3.05, 3.63) is 58.6 Å². The van der Waals surface area contributed by atoms with Crippen LogP contribution in [0.2, 0.25) is 5.02 Å². The lowest BCUT2D eigenvalue weighted by Crippen LogP contribution is -2.38. The van der Waals surface area contributed by atoms with Crippen LogP contribution in [0.4, 0.5) is 0 Å². The molecule has 0 fully saturated rings. The van der Waals surface area contributed by atoms with Crippen molar-refractivity contribution in [1.82, 2.24) is 5.32 Å². The molecular formula is C21H24ClNO3. The van der Waals surface area contributed by atoms with Crippen LogP contribution in [-0.2, 0) is 17.6 Å². The van der Waals surface area contributed by atoms with Crippen molar-refractivity contribution in [3.8, 4) is 11.5 Å². The van der Waals surface area contributed by atoms with Gasteiger partial charge in [0.15, 0.2) is 6.10 Å². The summed E-state index contributed by atoms with van der Waals surface area (Å²) in [5.74, 6) is 1.20. The predicted octanol–water partition coefficient (Wildman–Crippen LogP) is 4.18. The van der Waals surface area contributed by atoms with E-state index in [2.05, 4.69) is 17.4 Å². The average Bonchev–Trinajstić information content (AvgIpc) is 2.66. The Labute approximate surface area is 159 Å². The molecule has 0 unspecified atom stereocenters. The summed E-state index contributed by atoms with van der Waals surface area (Å²) in [6, 6.07) is 13.4. The van der Waals surface area contributed by atoms with Crippen molar-refractivity contribution < 1.29 is 14.3 Å². The van der Waals surface area contributed by atoms with Crippen LogP contribution in [0.15, 0.2) is 42.5 Å². The molecule has 1 amide bonds. The molecule has 1 aliphatic carbocycles. The van der Waals surface area contributed by atoms with Crippen molar-refractivity contribution in [3.63, 3.8) is 0 Å². The first-order chi connectivity index (χ1) is 12.6. The second-order valence-corrected chi connectivity index (χ2v) is 6.87. The lowest BCUT2D eigenvalue weighted by Gasteiger charge is -2.19. The van der Waals surface area contributed by atoms with E-state index in [1.165, 1.54) is 24.0 Å². The Balaban J connectivity index is 1.44. The highest BCUT2D eigenvalue weighted by Crippen LogP contribution is 2.26. The number of carbonyl (C=O) groups excluding carboxylic acids is 1. The molecule has 0 aliphatic heterocycles. The molecule has 5 heteroatoms. The molecule has 0 bridgehead atoms. The summed E-state index contributed by atoms with van der Waals surface area (Å²) in [6.45, 7) is 2.49. The lowest BCUT2D eigenvalue weighted by atomic mass is 9.92. The number of hydrogen-bond donors (Lipinski definition) is 1. The molecule has 0 spiro atoms. The molecule has 0 aromatic heterocycles. The number of carbonyl (C=O) groups is 1. The Morgan fingerprint density at radius 1 is 1.15 bits per heavy atom. The van der Waals surface area contributed by atoms with Gasteiger partial charge in [-0.05, 0) is 68.0 Å². The smallest absolute Gasteiger partial charge is 0.260 e. The normalized spacial score (nSPS) is 14.2. The zero-order chi connectivity index (χ0) is 18.4. The maximum atomic E-state index is 12.2. The van der Waals surface area contributed by atoms with E-state index in [0.717, 1.165) is 18.6 Å². The number of ether oxygens (including phenoxy) is 2. The Morgan fingerprint density at radius 2 is 1.92 bits per heavy atom. The van der Waals surface area contributed by atoms with Crippen LogP contribution in [0.25, 0.3) is 0 Å². The van der Waals surface area contributed by atoms with Gasteiger partial charge in [-0.3, -0.25) is 4.79 Å². The molecule has 1 aliphatic rings. The van der Waals surface area contributed by atoms with E-state index in [4.69, 9.17) is 21.1 Å². The monoisotopic (exact) mass is 373 g/mol. The molecule has 0 radical (unpaired) electrons. The van der Waals surface area contributed by atoms with Crippen molar-refractivity contribution in [2.24, 2.45) is 0 Å². The molecule has 2 aromatic rings. The molecule has 26 heavy (non-hydrogen) atoms. The van der Waals surface area contributed by atoms with E-state index in [1.54, 1.807) is 19.1 Å². The molecule has 0 saturated heterocycles. The third kappa shape index (κ3) is 4.92. The third-order valence-corrected chi connectivity index (χ3v) is 4.81. The van der Waals surface area contributed by atoms with Gasteiger partial charge in [0.25, 0.3) is 5.91 Å². The van der Waals surface area contributed by atoms with Crippen LogP contribution < -0.4 is 14.8 Å². The van der Waals surface area contributed by atoms with Gasteiger partial charge in [-0.1, -0.05) is 29.8 Å². The van der Waals surface area contributed by atoms with Gasteiger partial charge in [-0.15, -0.1) is 0 Å². The van der Waals surface area contributed by atoms with Crippen LogP contribution in [0, 0.1) is 0 Å². The fourth-order valence-electron chi connectivity index (χ4n) is 3.08. The number of halogens is 1. The first-order valence-electron chi connectivity index (χ1n) is 9.07. The Kier molecular flexibility index (Phi) is 6.40. The maximum Gasteiger partial charge on any atom is 0.260 e. The van der Waals surface area contributed by atoms with Crippen molar-refractivity contribution in [1.29, 1.82) is 0 Å². The minimum atomic E-state index is -0.558. The highest BCUT2D eigenvalue weighted by molar-refractivity contribution is 6.32. The fraction of sp³-hybridized carbons (Fsp3) is 0.381. The second-order valence-electron chi connectivity index (χ2n) is 6.47. The summed E-state index contributed by atoms with van der Waals surface area (Å²) >= 11 is 6.02. The van der Waals surface area contributed by atoms with Crippen molar-refractivity contribution in [2.45, 2.75) is 38.7 Å². The molecular weight excluding hydrogens is 350 g/mol. The highest BCUT2D eigenvalue weighted by Gasteiger charge is 2.16. The zero-order valence-electron chi connectivity index (χ0n) is 15.0. The Bertz CT molecular complexity index is 763. The number of aryl methyl sites for hydroxylation is 2. The van der Waals surface area contributed by atoms with Crippen LogP contribution in [0.1, 0.15) is 30.9 Å². The number of para-hydroxylation sites is 1. The molecule has 0 heterocycles. The van der Waals surface area contributed by atoms with Gasteiger partial charge >= 0.3 is 0 Å². The summed E-state index contributed by atoms with van der Waals surface area (Å²) in [7, 11) is 0. The van der Waals surface area contributed by atoms with Crippen LogP contribution in [0.5, 0.6) is 11.5 Å². The minimum Gasteiger partial charge on any atom is -0.490 e. The van der Waals surface area contributed by atoms with Crippen molar-refractivity contribution >= 4 is 17.5 Å². The summed E-state index contributed by atoms with van der Waals surface area (Å²) in [6.07, 6.45) is 4.14. The number of fused-ring (bicyclic) bond motifs is 1. The first kappa shape index (κ1) is 18.6. The lowest BCUT2D eigenvalue weighted by molar-refractivity contribution is -0.127. The molecule has 1 atom stereocenters. The van der Waals surface area contributed by atoms with Crippen LogP contribution in [-0.4, -0.2) is 25.2 Å². The largest absolute Gasteiger partial charge is 0.490 e. The van der Waals surface area contributed by atoms with Gasteiger partial charge in [0.2, 0.25) is 0 Å². The van der Waals surface area contributed by atoms with E-state index >= 15 is 0 Å². The van der Waals surface area contributed by atoms with E-state index in [9.17, 15) is 4.79 Å². The summed E-state index contributed by atoms with van der Waals surface area (Å²) in [5.41, 5.74) is 2.74. The second kappa shape index (κ2) is 8.95. The number of nitrogens with one attached hydrogen (secondary N) is 1. The van der Waals surface area contributed by atoms with E-state index in [-0.39, 0.29) is 5.91 Å². The molecule has 2 aromatic carbocycles. The number of amides is 1. The van der Waals surface area contributed by atoms with Crippen LogP contribution >= 0.6 is 11.6 Å². The highest BCUT2D eigenvalue weighted by atomic mass is 35.5. The molecule has 1 N–H and O–H groups in total. The van der Waals surface area contributed by atoms with Gasteiger partial charge in [0.1, 0.15) is 18.1 Å². The van der Waals surface area contributed by atoms with Crippen LogP contribution in [0.3, 0.4) is 0 Å². The third-order valence-electron chi connectivity index (χ3n) is 4.50. The SMILES string of the molecule is C[C@@H](Oc1ccc2c(c1)CCCC2)C(=O)NCCOc1ccccc1Cl. The van der Waals surface area contributed by atoms with Crippen molar-refractivity contribution in [2.75, 3.05) is 13.2 Å². The number of benzene rings is 2. The maximum absolute atomic E-state index is 12.2. The zero-order valence-corrected chi connectivity index (χ0v) is 15.7. The average molecular weight is 374 g/mol. The van der Waals surface area contributed by atoms with Gasteiger partial charge in [0.05, 0.1) is 11.6 Å². The number of hydrogen-bond acceptors (Lipinski definition) is 3. The molecule has 4 nitrogen and oxygen atoms in total. The van der Waals surface area contributed by atoms with Gasteiger partial charge in [-0.2, -0.15) is 0 Å². The Hall–Kier alpha value is -2.20. The summed E-state index contributed by atoms with van der Waals surface area (Å²) < 4.78 is 11.4. The quantitative estimate of drug-likeness (QED) is 0.740. The summed E-state index contributed by atoms with van der Waals surface area (Å²) in [4.78, 5) is 12.2. The Morgan fingerprint density at radius 3 is 2.73 bits per heavy atom. The molecule has 138 valence electrons. The van der Waals surface area contributed by atoms with Gasteiger partial charge < -0.3 is 14.8 Å².